The molecule has 0 heterocycles. The van der Waals surface area contributed by atoms with Crippen LogP contribution < -0.4 is 4.74 Å². The fourth-order valence-corrected chi connectivity index (χ4v) is 2.52. The number of benzene rings is 1. The number of ether oxygens (including phenoxy) is 1. The molecule has 1 aromatic carbocycles. The topological polar surface area (TPSA) is 29.5 Å². The molecule has 2 unspecified atom stereocenters. The zero-order chi connectivity index (χ0) is 12.5. The van der Waals surface area contributed by atoms with Gasteiger partial charge in [-0.2, -0.15) is 0 Å². The summed E-state index contributed by atoms with van der Waals surface area (Å²) in [5, 5.41) is 10.2. The highest BCUT2D eigenvalue weighted by Crippen LogP contribution is 2.39. The zero-order valence-corrected chi connectivity index (χ0v) is 10.9. The smallest absolute Gasteiger partial charge is 0.125 e. The van der Waals surface area contributed by atoms with Crippen LogP contribution in [0.4, 0.5) is 0 Å². The Morgan fingerprint density at radius 1 is 1.35 bits per heavy atom. The summed E-state index contributed by atoms with van der Waals surface area (Å²) in [4.78, 5) is 0. The van der Waals surface area contributed by atoms with Crippen molar-refractivity contribution >= 4 is 0 Å². The van der Waals surface area contributed by atoms with Crippen LogP contribution in [-0.4, -0.2) is 17.3 Å². The summed E-state index contributed by atoms with van der Waals surface area (Å²) < 4.78 is 6.00. The lowest BCUT2D eigenvalue weighted by atomic mass is 9.89. The molecule has 2 nitrogen and oxygen atoms in total. The highest BCUT2D eigenvalue weighted by atomic mass is 16.5. The van der Waals surface area contributed by atoms with Gasteiger partial charge in [0.1, 0.15) is 11.9 Å². The number of hydrogen-bond acceptors (Lipinski definition) is 2. The van der Waals surface area contributed by atoms with E-state index in [1.54, 1.807) is 0 Å². The predicted octanol–water partition coefficient (Wildman–Crippen LogP) is 3.18. The minimum Gasteiger partial charge on any atom is -0.487 e. The molecular formula is C15H22O2. The van der Waals surface area contributed by atoms with Crippen molar-refractivity contribution in [2.45, 2.75) is 52.2 Å². The Morgan fingerprint density at radius 3 is 2.65 bits per heavy atom. The Bertz CT molecular complexity index is 384. The van der Waals surface area contributed by atoms with E-state index in [0.717, 1.165) is 25.0 Å². The summed E-state index contributed by atoms with van der Waals surface area (Å²) in [5.74, 6) is 0.928. The average molecular weight is 234 g/mol. The van der Waals surface area contributed by atoms with E-state index in [-0.39, 0.29) is 17.6 Å². The van der Waals surface area contributed by atoms with Crippen molar-refractivity contribution in [1.29, 1.82) is 0 Å². The minimum absolute atomic E-state index is 0.0220. The summed E-state index contributed by atoms with van der Waals surface area (Å²) in [6, 6.07) is 8.10. The third kappa shape index (κ3) is 2.47. The second-order valence-electron chi connectivity index (χ2n) is 5.59. The lowest BCUT2D eigenvalue weighted by Crippen LogP contribution is -2.34. The molecule has 1 N–H and O–H groups in total. The standard InChI is InChI=1S/C15H22O2/c1-4-11-7-5-6-8-12(11)17-13-9-10-15(2,3)14(13)16/h5-8,13-14,16H,4,9-10H2,1-3H3. The molecule has 1 aliphatic carbocycles. The molecule has 0 amide bonds. The Labute approximate surface area is 104 Å². The summed E-state index contributed by atoms with van der Waals surface area (Å²) >= 11 is 0. The molecule has 0 radical (unpaired) electrons. The molecule has 1 aliphatic rings. The van der Waals surface area contributed by atoms with Gasteiger partial charge in [-0.3, -0.25) is 0 Å². The zero-order valence-electron chi connectivity index (χ0n) is 10.9. The van der Waals surface area contributed by atoms with Crippen molar-refractivity contribution < 1.29 is 9.84 Å². The fourth-order valence-electron chi connectivity index (χ4n) is 2.52. The second-order valence-corrected chi connectivity index (χ2v) is 5.59. The number of hydrogen-bond donors (Lipinski definition) is 1. The summed E-state index contributed by atoms with van der Waals surface area (Å²) in [6.45, 7) is 6.33. The van der Waals surface area contributed by atoms with Crippen LogP contribution in [0.2, 0.25) is 0 Å². The van der Waals surface area contributed by atoms with Gasteiger partial charge in [-0.25, -0.2) is 0 Å². The van der Waals surface area contributed by atoms with E-state index in [4.69, 9.17) is 4.74 Å². The monoisotopic (exact) mass is 234 g/mol. The van der Waals surface area contributed by atoms with Crippen LogP contribution >= 0.6 is 0 Å². The number of para-hydroxylation sites is 1. The van der Waals surface area contributed by atoms with Crippen molar-refractivity contribution in [3.8, 4) is 5.75 Å². The number of aliphatic hydroxyl groups excluding tert-OH is 1. The highest BCUT2D eigenvalue weighted by Gasteiger charge is 2.42. The quantitative estimate of drug-likeness (QED) is 0.870. The van der Waals surface area contributed by atoms with Gasteiger partial charge in [0.05, 0.1) is 6.10 Å². The van der Waals surface area contributed by atoms with E-state index >= 15 is 0 Å². The van der Waals surface area contributed by atoms with E-state index < -0.39 is 0 Å². The number of rotatable bonds is 3. The summed E-state index contributed by atoms with van der Waals surface area (Å²) in [7, 11) is 0. The normalized spacial score (nSPS) is 27.1. The van der Waals surface area contributed by atoms with E-state index in [2.05, 4.69) is 26.8 Å². The molecule has 0 aliphatic heterocycles. The molecular weight excluding hydrogens is 212 g/mol. The SMILES string of the molecule is CCc1ccccc1OC1CCC(C)(C)C1O. The third-order valence-electron chi connectivity index (χ3n) is 3.86. The van der Waals surface area contributed by atoms with Gasteiger partial charge in [-0.05, 0) is 36.3 Å². The Morgan fingerprint density at radius 2 is 2.06 bits per heavy atom. The van der Waals surface area contributed by atoms with E-state index in [1.807, 2.05) is 18.2 Å². The van der Waals surface area contributed by atoms with Gasteiger partial charge in [0.2, 0.25) is 0 Å². The largest absolute Gasteiger partial charge is 0.487 e. The predicted molar refractivity (Wildman–Crippen MR) is 69.3 cm³/mol. The molecule has 1 fully saturated rings. The van der Waals surface area contributed by atoms with Gasteiger partial charge < -0.3 is 9.84 Å². The van der Waals surface area contributed by atoms with Crippen molar-refractivity contribution in [3.63, 3.8) is 0 Å². The van der Waals surface area contributed by atoms with Crippen LogP contribution in [0.15, 0.2) is 24.3 Å². The Balaban J connectivity index is 2.12. The molecule has 0 saturated heterocycles. The molecule has 2 heteroatoms. The van der Waals surface area contributed by atoms with Gasteiger partial charge in [-0.15, -0.1) is 0 Å². The molecule has 1 aromatic rings. The first kappa shape index (κ1) is 12.4. The van der Waals surface area contributed by atoms with E-state index in [0.29, 0.717) is 0 Å². The van der Waals surface area contributed by atoms with Gasteiger partial charge in [0.15, 0.2) is 0 Å². The van der Waals surface area contributed by atoms with Gasteiger partial charge >= 0.3 is 0 Å². The Kier molecular flexibility index (Phi) is 3.43. The lowest BCUT2D eigenvalue weighted by Gasteiger charge is -2.26. The van der Waals surface area contributed by atoms with Crippen LogP contribution in [0, 0.1) is 5.41 Å². The van der Waals surface area contributed by atoms with Crippen LogP contribution in [-0.2, 0) is 6.42 Å². The first-order valence-corrected chi connectivity index (χ1v) is 6.47. The van der Waals surface area contributed by atoms with E-state index in [9.17, 15) is 5.11 Å². The second kappa shape index (κ2) is 4.69. The van der Waals surface area contributed by atoms with Crippen LogP contribution in [0.25, 0.3) is 0 Å². The van der Waals surface area contributed by atoms with Gasteiger partial charge in [0.25, 0.3) is 0 Å². The third-order valence-corrected chi connectivity index (χ3v) is 3.86. The number of aliphatic hydroxyl groups is 1. The maximum atomic E-state index is 10.2. The molecule has 94 valence electrons. The van der Waals surface area contributed by atoms with E-state index in [1.165, 1.54) is 5.56 Å². The molecule has 1 saturated carbocycles. The maximum absolute atomic E-state index is 10.2. The van der Waals surface area contributed by atoms with Crippen LogP contribution in [0.3, 0.4) is 0 Å². The molecule has 17 heavy (non-hydrogen) atoms. The molecule has 2 atom stereocenters. The Hall–Kier alpha value is -1.02. The molecule has 0 bridgehead atoms. The molecule has 0 spiro atoms. The van der Waals surface area contributed by atoms with Crippen molar-refractivity contribution in [2.75, 3.05) is 0 Å². The number of aryl methyl sites for hydroxylation is 1. The first-order valence-electron chi connectivity index (χ1n) is 6.47. The van der Waals surface area contributed by atoms with Crippen LogP contribution in [0.5, 0.6) is 5.75 Å². The lowest BCUT2D eigenvalue weighted by molar-refractivity contribution is 0.00459. The maximum Gasteiger partial charge on any atom is 0.125 e. The van der Waals surface area contributed by atoms with Crippen molar-refractivity contribution in [1.82, 2.24) is 0 Å². The molecule has 0 aromatic heterocycles. The van der Waals surface area contributed by atoms with Crippen molar-refractivity contribution in [2.24, 2.45) is 5.41 Å². The summed E-state index contributed by atoms with van der Waals surface area (Å²) in [6.07, 6.45) is 2.49. The highest BCUT2D eigenvalue weighted by molar-refractivity contribution is 5.33. The fraction of sp³-hybridized carbons (Fsp3) is 0.600. The van der Waals surface area contributed by atoms with Gasteiger partial charge in [0, 0.05) is 0 Å². The van der Waals surface area contributed by atoms with Crippen LogP contribution in [0.1, 0.15) is 39.2 Å². The first-order chi connectivity index (χ1) is 8.04. The minimum atomic E-state index is -0.368. The summed E-state index contributed by atoms with van der Waals surface area (Å²) in [5.41, 5.74) is 1.19. The molecule has 2 rings (SSSR count). The van der Waals surface area contributed by atoms with Gasteiger partial charge in [-0.1, -0.05) is 39.0 Å². The van der Waals surface area contributed by atoms with Crippen molar-refractivity contribution in [3.05, 3.63) is 29.8 Å². The average Bonchev–Trinajstić information content (AvgIpc) is 2.57.